The number of aliphatic hydroxyl groups is 2. The fourth-order valence-electron chi connectivity index (χ4n) is 1.12. The van der Waals surface area contributed by atoms with E-state index in [2.05, 4.69) is 0 Å². The molecule has 0 aliphatic rings. The minimum absolute atomic E-state index is 0.397. The summed E-state index contributed by atoms with van der Waals surface area (Å²) in [5.74, 6) is 0. The van der Waals surface area contributed by atoms with Gasteiger partial charge in [-0.05, 0) is 19.1 Å². The number of benzene rings is 1. The highest BCUT2D eigenvalue weighted by Gasteiger charge is 2.15. The molecule has 0 heterocycles. The Hall–Kier alpha value is -1.26. The Balaban J connectivity index is 3.01. The summed E-state index contributed by atoms with van der Waals surface area (Å²) in [7, 11) is 0. The number of aliphatic hydroxyl groups excluding tert-OH is 2. The van der Waals surface area contributed by atoms with Crippen LogP contribution in [0.15, 0.2) is 18.2 Å². The van der Waals surface area contributed by atoms with Gasteiger partial charge in [0.2, 0.25) is 0 Å². The Labute approximate surface area is 76.8 Å². The van der Waals surface area contributed by atoms with Crippen LogP contribution in [0.3, 0.4) is 0 Å². The summed E-state index contributed by atoms with van der Waals surface area (Å²) in [5, 5.41) is 18.6. The normalized spacial score (nSPS) is 15.3. The monoisotopic (exact) mass is 182 g/mol. The topological polar surface area (TPSA) is 92.5 Å². The van der Waals surface area contributed by atoms with Crippen LogP contribution in [0, 0.1) is 0 Å². The standard InChI is InChI=1S/C9H14N2O2/c1-5(12)9(13)7-3-2-6(10)4-8(7)11/h2-5,9,12-13H,10-11H2,1H3. The third kappa shape index (κ3) is 2.11. The highest BCUT2D eigenvalue weighted by molar-refractivity contribution is 5.57. The summed E-state index contributed by atoms with van der Waals surface area (Å²) >= 11 is 0. The molecule has 1 aromatic carbocycles. The third-order valence-corrected chi connectivity index (χ3v) is 1.89. The van der Waals surface area contributed by atoms with Gasteiger partial charge >= 0.3 is 0 Å². The second-order valence-electron chi connectivity index (χ2n) is 3.07. The van der Waals surface area contributed by atoms with Gasteiger partial charge in [-0.1, -0.05) is 6.07 Å². The molecule has 0 bridgehead atoms. The lowest BCUT2D eigenvalue weighted by Gasteiger charge is -2.16. The average Bonchev–Trinajstić information content (AvgIpc) is 2.03. The number of anilines is 2. The first-order valence-corrected chi connectivity index (χ1v) is 4.03. The predicted octanol–water partition coefficient (Wildman–Crippen LogP) is 0.265. The molecule has 72 valence electrons. The molecule has 0 aliphatic heterocycles. The van der Waals surface area contributed by atoms with Crippen LogP contribution in [0.2, 0.25) is 0 Å². The van der Waals surface area contributed by atoms with E-state index in [0.717, 1.165) is 0 Å². The molecule has 0 spiro atoms. The van der Waals surface area contributed by atoms with E-state index >= 15 is 0 Å². The van der Waals surface area contributed by atoms with Crippen LogP contribution in [0.4, 0.5) is 11.4 Å². The van der Waals surface area contributed by atoms with Crippen molar-refractivity contribution in [3.8, 4) is 0 Å². The van der Waals surface area contributed by atoms with E-state index in [-0.39, 0.29) is 0 Å². The summed E-state index contributed by atoms with van der Waals surface area (Å²) in [5.41, 5.74) is 12.5. The van der Waals surface area contributed by atoms with Gasteiger partial charge in [0.1, 0.15) is 6.10 Å². The molecule has 0 aromatic heterocycles. The fourth-order valence-corrected chi connectivity index (χ4v) is 1.12. The molecule has 1 aromatic rings. The molecule has 0 amide bonds. The van der Waals surface area contributed by atoms with Crippen LogP contribution in [0.1, 0.15) is 18.6 Å². The van der Waals surface area contributed by atoms with Gasteiger partial charge in [-0.2, -0.15) is 0 Å². The number of hydrogen-bond donors (Lipinski definition) is 4. The van der Waals surface area contributed by atoms with E-state index < -0.39 is 12.2 Å². The summed E-state index contributed by atoms with van der Waals surface area (Å²) in [6.45, 7) is 1.50. The smallest absolute Gasteiger partial charge is 0.107 e. The van der Waals surface area contributed by atoms with Crippen molar-refractivity contribution >= 4 is 11.4 Å². The molecule has 0 aliphatic carbocycles. The Morgan fingerprint density at radius 3 is 2.31 bits per heavy atom. The van der Waals surface area contributed by atoms with Gasteiger partial charge in [-0.15, -0.1) is 0 Å². The van der Waals surface area contributed by atoms with E-state index in [1.165, 1.54) is 6.92 Å². The van der Waals surface area contributed by atoms with Crippen molar-refractivity contribution in [2.45, 2.75) is 19.1 Å². The predicted molar refractivity (Wildman–Crippen MR) is 51.9 cm³/mol. The lowest BCUT2D eigenvalue weighted by Crippen LogP contribution is -2.15. The molecule has 13 heavy (non-hydrogen) atoms. The highest BCUT2D eigenvalue weighted by atomic mass is 16.3. The molecular weight excluding hydrogens is 168 g/mol. The van der Waals surface area contributed by atoms with Gasteiger partial charge in [-0.3, -0.25) is 0 Å². The maximum Gasteiger partial charge on any atom is 0.107 e. The molecule has 0 radical (unpaired) electrons. The quantitative estimate of drug-likeness (QED) is 0.494. The molecule has 1 rings (SSSR count). The molecule has 4 heteroatoms. The molecule has 4 nitrogen and oxygen atoms in total. The van der Waals surface area contributed by atoms with E-state index in [0.29, 0.717) is 16.9 Å². The van der Waals surface area contributed by atoms with Crippen molar-refractivity contribution in [1.82, 2.24) is 0 Å². The SMILES string of the molecule is CC(O)C(O)c1ccc(N)cc1N. The van der Waals surface area contributed by atoms with Gasteiger partial charge in [0, 0.05) is 16.9 Å². The van der Waals surface area contributed by atoms with Crippen LogP contribution >= 0.6 is 0 Å². The first kappa shape index (κ1) is 9.83. The second kappa shape index (κ2) is 3.64. The Morgan fingerprint density at radius 1 is 1.23 bits per heavy atom. The average molecular weight is 182 g/mol. The summed E-state index contributed by atoms with van der Waals surface area (Å²) in [4.78, 5) is 0. The zero-order valence-corrected chi connectivity index (χ0v) is 7.44. The van der Waals surface area contributed by atoms with Crippen molar-refractivity contribution < 1.29 is 10.2 Å². The molecule has 2 atom stereocenters. The van der Waals surface area contributed by atoms with Crippen molar-refractivity contribution in [2.24, 2.45) is 0 Å². The highest BCUT2D eigenvalue weighted by Crippen LogP contribution is 2.24. The lowest BCUT2D eigenvalue weighted by atomic mass is 10.0. The zero-order valence-electron chi connectivity index (χ0n) is 7.44. The Kier molecular flexibility index (Phi) is 2.75. The third-order valence-electron chi connectivity index (χ3n) is 1.89. The Bertz CT molecular complexity index is 300. The van der Waals surface area contributed by atoms with Gasteiger partial charge in [0.15, 0.2) is 0 Å². The first-order chi connectivity index (χ1) is 6.02. The summed E-state index contributed by atoms with van der Waals surface area (Å²) in [6.07, 6.45) is -1.80. The summed E-state index contributed by atoms with van der Waals surface area (Å²) < 4.78 is 0. The van der Waals surface area contributed by atoms with Gasteiger partial charge in [-0.25, -0.2) is 0 Å². The largest absolute Gasteiger partial charge is 0.399 e. The van der Waals surface area contributed by atoms with E-state index in [1.54, 1.807) is 18.2 Å². The van der Waals surface area contributed by atoms with Crippen molar-refractivity contribution in [3.63, 3.8) is 0 Å². The Morgan fingerprint density at radius 2 is 1.85 bits per heavy atom. The molecule has 0 saturated heterocycles. The molecule has 2 unspecified atom stereocenters. The first-order valence-electron chi connectivity index (χ1n) is 4.03. The maximum absolute atomic E-state index is 9.50. The molecule has 6 N–H and O–H groups in total. The van der Waals surface area contributed by atoms with Crippen LogP contribution in [-0.4, -0.2) is 16.3 Å². The van der Waals surface area contributed by atoms with Gasteiger partial charge < -0.3 is 21.7 Å². The number of nitrogen functional groups attached to an aromatic ring is 2. The van der Waals surface area contributed by atoms with Crippen LogP contribution in [0.25, 0.3) is 0 Å². The lowest BCUT2D eigenvalue weighted by molar-refractivity contribution is 0.0310. The van der Waals surface area contributed by atoms with Crippen LogP contribution in [0.5, 0.6) is 0 Å². The maximum atomic E-state index is 9.50. The second-order valence-corrected chi connectivity index (χ2v) is 3.07. The van der Waals surface area contributed by atoms with E-state index in [4.69, 9.17) is 16.6 Å². The minimum atomic E-state index is -0.958. The van der Waals surface area contributed by atoms with Crippen molar-refractivity contribution in [1.29, 1.82) is 0 Å². The number of rotatable bonds is 2. The molecule has 0 fully saturated rings. The minimum Gasteiger partial charge on any atom is -0.399 e. The van der Waals surface area contributed by atoms with Crippen LogP contribution < -0.4 is 11.5 Å². The van der Waals surface area contributed by atoms with Crippen molar-refractivity contribution in [3.05, 3.63) is 23.8 Å². The fraction of sp³-hybridized carbons (Fsp3) is 0.333. The van der Waals surface area contributed by atoms with Crippen LogP contribution in [-0.2, 0) is 0 Å². The van der Waals surface area contributed by atoms with Gasteiger partial charge in [0.05, 0.1) is 6.10 Å². The number of nitrogens with two attached hydrogens (primary N) is 2. The van der Waals surface area contributed by atoms with Gasteiger partial charge in [0.25, 0.3) is 0 Å². The van der Waals surface area contributed by atoms with E-state index in [9.17, 15) is 5.11 Å². The van der Waals surface area contributed by atoms with E-state index in [1.807, 2.05) is 0 Å². The summed E-state index contributed by atoms with van der Waals surface area (Å²) in [6, 6.07) is 4.81. The molecule has 0 saturated carbocycles. The molecular formula is C9H14N2O2. The van der Waals surface area contributed by atoms with Crippen molar-refractivity contribution in [2.75, 3.05) is 11.5 Å². The zero-order chi connectivity index (χ0) is 10.0. The number of hydrogen-bond acceptors (Lipinski definition) is 4.